The van der Waals surface area contributed by atoms with Crippen molar-refractivity contribution in [2.75, 3.05) is 0 Å². The molecule has 3 heteroatoms. The van der Waals surface area contributed by atoms with E-state index in [1.54, 1.807) is 24.3 Å². The predicted octanol–water partition coefficient (Wildman–Crippen LogP) is 3.55. The molecule has 0 unspecified atom stereocenters. The average Bonchev–Trinajstić information content (AvgIpc) is 2.19. The van der Waals surface area contributed by atoms with E-state index in [9.17, 15) is 8.78 Å². The smallest absolute Gasteiger partial charge is 0.205 e. The highest BCUT2D eigenvalue weighted by Crippen LogP contribution is 2.19. The van der Waals surface area contributed by atoms with Crippen molar-refractivity contribution in [1.29, 1.82) is 5.26 Å². The van der Waals surface area contributed by atoms with E-state index in [0.717, 1.165) is 0 Å². The number of hydrogen-bond acceptors (Lipinski definition) is 1. The number of halogens is 2. The molecular weight excluding hydrogens is 184 g/mol. The molecule has 1 nitrogen and oxygen atoms in total. The van der Waals surface area contributed by atoms with Crippen molar-refractivity contribution in [2.45, 2.75) is 12.8 Å². The number of nitriles is 1. The summed E-state index contributed by atoms with van der Waals surface area (Å²) in [6.45, 7) is 0. The summed E-state index contributed by atoms with van der Waals surface area (Å²) < 4.78 is 24.5. The Bertz CT molecular complexity index is 364. The highest BCUT2D eigenvalue weighted by molar-refractivity contribution is 5.50. The topological polar surface area (TPSA) is 23.8 Å². The molecule has 0 aliphatic rings. The standard InChI is InChI=1S/C11H9F2N/c12-11(13)10-6-3-5-9(8-10)4-1-2-7-14/h1,3-6,8,11H,2H2. The number of hydrogen-bond donors (Lipinski definition) is 0. The molecule has 0 amide bonds. The second-order valence-electron chi connectivity index (χ2n) is 2.74. The number of rotatable bonds is 3. The molecule has 0 fully saturated rings. The predicted molar refractivity (Wildman–Crippen MR) is 50.7 cm³/mol. The molecule has 0 N–H and O–H groups in total. The Morgan fingerprint density at radius 1 is 1.43 bits per heavy atom. The van der Waals surface area contributed by atoms with E-state index in [2.05, 4.69) is 0 Å². The van der Waals surface area contributed by atoms with Gasteiger partial charge in [0.1, 0.15) is 0 Å². The van der Waals surface area contributed by atoms with Crippen molar-refractivity contribution in [1.82, 2.24) is 0 Å². The minimum Gasteiger partial charge on any atom is -0.205 e. The van der Waals surface area contributed by atoms with E-state index in [1.807, 2.05) is 6.07 Å². The van der Waals surface area contributed by atoms with Gasteiger partial charge in [0.2, 0.25) is 0 Å². The van der Waals surface area contributed by atoms with Crippen molar-refractivity contribution >= 4 is 6.08 Å². The van der Waals surface area contributed by atoms with Gasteiger partial charge in [-0.05, 0) is 11.6 Å². The van der Waals surface area contributed by atoms with Crippen LogP contribution in [0.3, 0.4) is 0 Å². The van der Waals surface area contributed by atoms with Crippen molar-refractivity contribution in [2.24, 2.45) is 0 Å². The zero-order valence-electron chi connectivity index (χ0n) is 7.45. The lowest BCUT2D eigenvalue weighted by atomic mass is 10.1. The van der Waals surface area contributed by atoms with Crippen molar-refractivity contribution in [3.05, 3.63) is 41.5 Å². The van der Waals surface area contributed by atoms with Crippen LogP contribution in [0.2, 0.25) is 0 Å². The van der Waals surface area contributed by atoms with Crippen molar-refractivity contribution in [3.63, 3.8) is 0 Å². The molecule has 1 rings (SSSR count). The lowest BCUT2D eigenvalue weighted by molar-refractivity contribution is 0.151. The van der Waals surface area contributed by atoms with Crippen LogP contribution in [-0.4, -0.2) is 0 Å². The zero-order valence-corrected chi connectivity index (χ0v) is 7.45. The summed E-state index contributed by atoms with van der Waals surface area (Å²) in [7, 11) is 0. The molecular formula is C11H9F2N. The third kappa shape index (κ3) is 2.98. The quantitative estimate of drug-likeness (QED) is 0.720. The maximum absolute atomic E-state index is 12.3. The number of alkyl halides is 2. The number of allylic oxidation sites excluding steroid dienone is 1. The van der Waals surface area contributed by atoms with Crippen LogP contribution in [0, 0.1) is 11.3 Å². The van der Waals surface area contributed by atoms with Gasteiger partial charge < -0.3 is 0 Å². The highest BCUT2D eigenvalue weighted by atomic mass is 19.3. The third-order valence-corrected chi connectivity index (χ3v) is 1.68. The zero-order chi connectivity index (χ0) is 10.4. The summed E-state index contributed by atoms with van der Waals surface area (Å²) in [5.41, 5.74) is 0.696. The normalized spacial score (nSPS) is 10.7. The van der Waals surface area contributed by atoms with Crippen molar-refractivity contribution in [3.8, 4) is 6.07 Å². The van der Waals surface area contributed by atoms with Gasteiger partial charge in [-0.3, -0.25) is 0 Å². The van der Waals surface area contributed by atoms with Crippen LogP contribution in [0.5, 0.6) is 0 Å². The first-order valence-electron chi connectivity index (χ1n) is 4.15. The molecule has 0 atom stereocenters. The van der Waals surface area contributed by atoms with Crippen LogP contribution < -0.4 is 0 Å². The van der Waals surface area contributed by atoms with Gasteiger partial charge in [-0.1, -0.05) is 30.4 Å². The van der Waals surface area contributed by atoms with Gasteiger partial charge in [0.05, 0.1) is 12.5 Å². The molecule has 0 aliphatic heterocycles. The molecule has 0 saturated heterocycles. The second-order valence-corrected chi connectivity index (χ2v) is 2.74. The number of nitrogens with zero attached hydrogens (tertiary/aromatic N) is 1. The summed E-state index contributed by atoms with van der Waals surface area (Å²) in [5, 5.41) is 8.27. The van der Waals surface area contributed by atoms with E-state index in [1.165, 1.54) is 12.1 Å². The van der Waals surface area contributed by atoms with Crippen LogP contribution in [0.25, 0.3) is 6.08 Å². The average molecular weight is 193 g/mol. The van der Waals surface area contributed by atoms with Crippen LogP contribution in [0.15, 0.2) is 30.3 Å². The van der Waals surface area contributed by atoms with Crippen molar-refractivity contribution < 1.29 is 8.78 Å². The second kappa shape index (κ2) is 5.13. The minimum atomic E-state index is -2.45. The summed E-state index contributed by atoms with van der Waals surface area (Å²) >= 11 is 0. The van der Waals surface area contributed by atoms with Gasteiger partial charge in [0.25, 0.3) is 6.43 Å². The van der Waals surface area contributed by atoms with Gasteiger partial charge in [-0.25, -0.2) is 8.78 Å². The molecule has 0 aromatic heterocycles. The molecule has 0 bridgehead atoms. The Morgan fingerprint density at radius 2 is 2.21 bits per heavy atom. The summed E-state index contributed by atoms with van der Waals surface area (Å²) in [4.78, 5) is 0. The lowest BCUT2D eigenvalue weighted by Gasteiger charge is -1.99. The molecule has 1 aromatic rings. The molecule has 72 valence electrons. The van der Waals surface area contributed by atoms with Crippen LogP contribution in [-0.2, 0) is 0 Å². The summed E-state index contributed by atoms with van der Waals surface area (Å²) in [6.07, 6.45) is 1.15. The SMILES string of the molecule is N#CCC=Cc1cccc(C(F)F)c1. The fourth-order valence-corrected chi connectivity index (χ4v) is 1.05. The van der Waals surface area contributed by atoms with Gasteiger partial charge in [-0.2, -0.15) is 5.26 Å². The molecule has 0 saturated carbocycles. The first-order chi connectivity index (χ1) is 6.74. The van der Waals surface area contributed by atoms with Gasteiger partial charge in [-0.15, -0.1) is 0 Å². The van der Waals surface area contributed by atoms with Gasteiger partial charge in [0, 0.05) is 5.56 Å². The molecule has 0 aliphatic carbocycles. The fraction of sp³-hybridized carbons (Fsp3) is 0.182. The highest BCUT2D eigenvalue weighted by Gasteiger charge is 2.05. The van der Waals surface area contributed by atoms with E-state index in [0.29, 0.717) is 12.0 Å². The van der Waals surface area contributed by atoms with Crippen LogP contribution in [0.1, 0.15) is 24.0 Å². The van der Waals surface area contributed by atoms with Crippen LogP contribution >= 0.6 is 0 Å². The fourth-order valence-electron chi connectivity index (χ4n) is 1.05. The molecule has 0 radical (unpaired) electrons. The molecule has 0 spiro atoms. The Labute approximate surface area is 81.3 Å². The van der Waals surface area contributed by atoms with E-state index in [4.69, 9.17) is 5.26 Å². The molecule has 0 heterocycles. The third-order valence-electron chi connectivity index (χ3n) is 1.68. The molecule has 14 heavy (non-hydrogen) atoms. The lowest BCUT2D eigenvalue weighted by Crippen LogP contribution is -1.83. The monoisotopic (exact) mass is 193 g/mol. The first kappa shape index (κ1) is 10.4. The minimum absolute atomic E-state index is 0.00380. The van der Waals surface area contributed by atoms with Crippen LogP contribution in [0.4, 0.5) is 8.78 Å². The molecule has 1 aromatic carbocycles. The Hall–Kier alpha value is -1.69. The summed E-state index contributed by atoms with van der Waals surface area (Å²) in [5.74, 6) is 0. The van der Waals surface area contributed by atoms with E-state index in [-0.39, 0.29) is 5.56 Å². The van der Waals surface area contributed by atoms with E-state index < -0.39 is 6.43 Å². The Morgan fingerprint density at radius 3 is 2.86 bits per heavy atom. The number of benzene rings is 1. The summed E-state index contributed by atoms with van der Waals surface area (Å²) in [6, 6.07) is 8.04. The maximum atomic E-state index is 12.3. The maximum Gasteiger partial charge on any atom is 0.263 e. The van der Waals surface area contributed by atoms with Gasteiger partial charge >= 0.3 is 0 Å². The largest absolute Gasteiger partial charge is 0.263 e. The van der Waals surface area contributed by atoms with Gasteiger partial charge in [0.15, 0.2) is 0 Å². The Balaban J connectivity index is 2.79. The Kier molecular flexibility index (Phi) is 3.81. The van der Waals surface area contributed by atoms with E-state index >= 15 is 0 Å². The first-order valence-corrected chi connectivity index (χ1v) is 4.15.